The summed E-state index contributed by atoms with van der Waals surface area (Å²) in [6, 6.07) is 43.7. The fraction of sp³-hybridized carbons (Fsp3) is 0.0698. The van der Waals surface area contributed by atoms with Crippen molar-refractivity contribution >= 4 is 66.9 Å². The van der Waals surface area contributed by atoms with Crippen LogP contribution in [0.5, 0.6) is 0 Å². The van der Waals surface area contributed by atoms with Crippen molar-refractivity contribution in [3.05, 3.63) is 156 Å². The van der Waals surface area contributed by atoms with E-state index in [2.05, 4.69) is 50.7 Å². The Morgan fingerprint density at radius 3 is 1.44 bits per heavy atom. The number of aromatic nitrogens is 2. The first-order valence-corrected chi connectivity index (χ1v) is 16.3. The number of oxime groups is 1. The van der Waals surface area contributed by atoms with Crippen LogP contribution in [0.4, 0.5) is 0 Å². The quantitative estimate of drug-likeness (QED) is 0.0742. The second kappa shape index (κ2) is 12.1. The minimum Gasteiger partial charge on any atom is -0.318 e. The zero-order valence-electron chi connectivity index (χ0n) is 27.7. The van der Waals surface area contributed by atoms with E-state index in [0.717, 1.165) is 49.8 Å². The SMILES string of the molecule is CC(=O)ON=C(C)c1ccc(-n2c3ccc(C(C)=O)cc3c3cc(C(=O)c4ccc(-n5c6ccccc6c6ccccc65)cc4)ccc32)cc1. The lowest BCUT2D eigenvalue weighted by molar-refractivity contribution is -0.140. The van der Waals surface area contributed by atoms with Crippen LogP contribution in [0.2, 0.25) is 0 Å². The number of ketones is 2. The number of hydrogen-bond acceptors (Lipinski definition) is 5. The second-order valence-electron chi connectivity index (χ2n) is 12.4. The first kappa shape index (κ1) is 30.7. The predicted molar refractivity (Wildman–Crippen MR) is 199 cm³/mol. The van der Waals surface area contributed by atoms with Gasteiger partial charge in [0.2, 0.25) is 0 Å². The maximum absolute atomic E-state index is 14.0. The van der Waals surface area contributed by atoms with Gasteiger partial charge in [0.25, 0.3) is 0 Å². The molecule has 6 aromatic carbocycles. The maximum atomic E-state index is 14.0. The first-order chi connectivity index (χ1) is 24.3. The Morgan fingerprint density at radius 2 is 0.920 bits per heavy atom. The number of nitrogens with zero attached hydrogens (tertiary/aromatic N) is 3. The highest BCUT2D eigenvalue weighted by molar-refractivity contribution is 6.16. The molecule has 0 aliphatic carbocycles. The zero-order valence-corrected chi connectivity index (χ0v) is 27.7. The van der Waals surface area contributed by atoms with Gasteiger partial charge in [-0.3, -0.25) is 9.59 Å². The minimum atomic E-state index is -0.481. The van der Waals surface area contributed by atoms with Crippen molar-refractivity contribution < 1.29 is 19.2 Å². The fourth-order valence-corrected chi connectivity index (χ4v) is 6.83. The highest BCUT2D eigenvalue weighted by Gasteiger charge is 2.18. The molecule has 242 valence electrons. The van der Waals surface area contributed by atoms with E-state index in [9.17, 15) is 14.4 Å². The van der Waals surface area contributed by atoms with Crippen LogP contribution in [0.3, 0.4) is 0 Å². The lowest BCUT2D eigenvalue weighted by Gasteiger charge is -2.10. The summed E-state index contributed by atoms with van der Waals surface area (Å²) < 4.78 is 4.35. The van der Waals surface area contributed by atoms with Crippen LogP contribution < -0.4 is 0 Å². The smallest absolute Gasteiger partial charge is 0.318 e. The molecule has 0 aliphatic rings. The van der Waals surface area contributed by atoms with Crippen molar-refractivity contribution in [3.63, 3.8) is 0 Å². The van der Waals surface area contributed by atoms with Crippen LogP contribution in [-0.4, -0.2) is 32.4 Å². The van der Waals surface area contributed by atoms with E-state index in [1.54, 1.807) is 13.8 Å². The molecule has 0 radical (unpaired) electrons. The summed E-state index contributed by atoms with van der Waals surface area (Å²) in [5.74, 6) is -0.600. The molecule has 0 spiro atoms. The molecule has 8 aromatic rings. The van der Waals surface area contributed by atoms with Crippen molar-refractivity contribution in [1.29, 1.82) is 0 Å². The van der Waals surface area contributed by atoms with E-state index >= 15 is 0 Å². The molecule has 0 N–H and O–H groups in total. The van der Waals surface area contributed by atoms with Crippen LogP contribution in [0, 0.1) is 0 Å². The Labute approximate surface area is 287 Å². The first-order valence-electron chi connectivity index (χ1n) is 16.3. The minimum absolute atomic E-state index is 0.0322. The maximum Gasteiger partial charge on any atom is 0.331 e. The summed E-state index contributed by atoms with van der Waals surface area (Å²) in [6.07, 6.45) is 0. The molecule has 2 aromatic heterocycles. The van der Waals surface area contributed by atoms with Gasteiger partial charge in [0.05, 0.1) is 27.8 Å². The third-order valence-electron chi connectivity index (χ3n) is 9.26. The van der Waals surface area contributed by atoms with Crippen molar-refractivity contribution in [2.24, 2.45) is 5.16 Å². The van der Waals surface area contributed by atoms with E-state index in [1.807, 2.05) is 97.1 Å². The number of hydrogen-bond donors (Lipinski definition) is 0. The molecule has 8 rings (SSSR count). The molecule has 0 amide bonds. The Morgan fingerprint density at radius 1 is 0.480 bits per heavy atom. The zero-order chi connectivity index (χ0) is 34.5. The van der Waals surface area contributed by atoms with Crippen LogP contribution in [0.1, 0.15) is 52.6 Å². The van der Waals surface area contributed by atoms with Gasteiger partial charge in [0, 0.05) is 56.5 Å². The topological polar surface area (TPSA) is 82.7 Å². The number of carbonyl (C=O) groups excluding carboxylic acids is 3. The van der Waals surface area contributed by atoms with Gasteiger partial charge >= 0.3 is 5.97 Å². The third-order valence-corrected chi connectivity index (χ3v) is 9.26. The molecule has 0 saturated carbocycles. The van der Waals surface area contributed by atoms with Crippen LogP contribution >= 0.6 is 0 Å². The summed E-state index contributed by atoms with van der Waals surface area (Å²) in [7, 11) is 0. The molecule has 0 aliphatic heterocycles. The average Bonchev–Trinajstić information content (AvgIpc) is 3.66. The largest absolute Gasteiger partial charge is 0.331 e. The van der Waals surface area contributed by atoms with Crippen molar-refractivity contribution in [2.45, 2.75) is 20.8 Å². The standard InChI is InChI=1S/C43H31N3O4/c1-26(44-50-28(3)48)29-12-18-33(19-13-29)46-41-22-16-31(27(2)47)24-37(41)38-25-32(17-23-42(38)46)43(49)30-14-20-34(21-15-30)45-39-10-6-4-8-35(39)36-9-5-7-11-40(36)45/h4-25H,1-3H3. The van der Waals surface area contributed by atoms with Crippen molar-refractivity contribution in [2.75, 3.05) is 0 Å². The van der Waals surface area contributed by atoms with Gasteiger partial charge in [-0.25, -0.2) is 4.79 Å². The second-order valence-corrected chi connectivity index (χ2v) is 12.4. The van der Waals surface area contributed by atoms with E-state index in [4.69, 9.17) is 4.84 Å². The van der Waals surface area contributed by atoms with Gasteiger partial charge in [0.1, 0.15) is 0 Å². The predicted octanol–water partition coefficient (Wildman–Crippen LogP) is 9.60. The number of benzene rings is 6. The summed E-state index contributed by atoms with van der Waals surface area (Å²) in [5.41, 5.74) is 9.03. The molecule has 7 heteroatoms. The molecule has 0 atom stereocenters. The summed E-state index contributed by atoms with van der Waals surface area (Å²) in [6.45, 7) is 4.64. The molecule has 7 nitrogen and oxygen atoms in total. The number of carbonyl (C=O) groups is 3. The van der Waals surface area contributed by atoms with Crippen molar-refractivity contribution in [3.8, 4) is 11.4 Å². The Hall–Kier alpha value is -6.60. The van der Waals surface area contributed by atoms with Gasteiger partial charge in [-0.05, 0) is 104 Å². The molecule has 0 unspecified atom stereocenters. The van der Waals surface area contributed by atoms with E-state index in [-0.39, 0.29) is 11.6 Å². The lowest BCUT2D eigenvalue weighted by atomic mass is 10.00. The Bertz CT molecular complexity index is 2640. The van der Waals surface area contributed by atoms with Gasteiger partial charge in [-0.2, -0.15) is 0 Å². The van der Waals surface area contributed by atoms with Gasteiger partial charge < -0.3 is 14.0 Å². The van der Waals surface area contributed by atoms with Gasteiger partial charge in [-0.15, -0.1) is 0 Å². The number of rotatable bonds is 7. The molecule has 0 fully saturated rings. The Kier molecular flexibility index (Phi) is 7.45. The van der Waals surface area contributed by atoms with Gasteiger partial charge in [0.15, 0.2) is 11.6 Å². The highest BCUT2D eigenvalue weighted by Crippen LogP contribution is 2.35. The van der Waals surface area contributed by atoms with Crippen LogP contribution in [-0.2, 0) is 9.63 Å². The van der Waals surface area contributed by atoms with Crippen LogP contribution in [0.25, 0.3) is 55.0 Å². The van der Waals surface area contributed by atoms with Crippen LogP contribution in [0.15, 0.2) is 139 Å². The van der Waals surface area contributed by atoms with E-state index in [1.165, 1.54) is 17.7 Å². The highest BCUT2D eigenvalue weighted by atomic mass is 16.7. The molecule has 50 heavy (non-hydrogen) atoms. The summed E-state index contributed by atoms with van der Waals surface area (Å²) in [5, 5.41) is 8.01. The molecule has 2 heterocycles. The average molecular weight is 654 g/mol. The molecular formula is C43H31N3O4. The summed E-state index contributed by atoms with van der Waals surface area (Å²) in [4.78, 5) is 42.4. The Balaban J connectivity index is 1.19. The number of Topliss-reactive ketones (excluding diaryl/α,β-unsaturated/α-hetero) is 1. The normalized spacial score (nSPS) is 11.9. The van der Waals surface area contributed by atoms with Gasteiger partial charge in [-0.1, -0.05) is 53.7 Å². The molecule has 0 bridgehead atoms. The number of para-hydroxylation sites is 2. The monoisotopic (exact) mass is 653 g/mol. The molecular weight excluding hydrogens is 622 g/mol. The van der Waals surface area contributed by atoms with E-state index in [0.29, 0.717) is 22.4 Å². The number of fused-ring (bicyclic) bond motifs is 6. The lowest BCUT2D eigenvalue weighted by Crippen LogP contribution is -2.02. The summed E-state index contributed by atoms with van der Waals surface area (Å²) >= 11 is 0. The molecule has 0 saturated heterocycles. The van der Waals surface area contributed by atoms with E-state index < -0.39 is 5.97 Å². The third kappa shape index (κ3) is 5.16. The fourth-order valence-electron chi connectivity index (χ4n) is 6.83. The van der Waals surface area contributed by atoms with Crippen molar-refractivity contribution in [1.82, 2.24) is 9.13 Å².